The molecule has 0 fully saturated rings. The van der Waals surface area contributed by atoms with E-state index < -0.39 is 11.8 Å². The van der Waals surface area contributed by atoms with Gasteiger partial charge in [0, 0.05) is 5.69 Å². The number of amides is 1. The Hall–Kier alpha value is -2.08. The van der Waals surface area contributed by atoms with Crippen LogP contribution in [0.4, 0.5) is 5.69 Å². The number of hydrogen-bond acceptors (Lipinski definition) is 4. The van der Waals surface area contributed by atoms with Gasteiger partial charge in [0.15, 0.2) is 5.58 Å². The largest absolute Gasteiger partial charge is 0.417 e. The second-order valence-corrected chi connectivity index (χ2v) is 4.48. The van der Waals surface area contributed by atoms with Crippen molar-refractivity contribution in [3.63, 3.8) is 0 Å². The molecule has 0 unspecified atom stereocenters. The van der Waals surface area contributed by atoms with E-state index in [9.17, 15) is 9.59 Å². The number of carbonyl (C=O) groups excluding carboxylic acids is 1. The van der Waals surface area contributed by atoms with Crippen molar-refractivity contribution in [2.24, 2.45) is 11.7 Å². The molecule has 0 saturated heterocycles. The van der Waals surface area contributed by atoms with Crippen LogP contribution in [-0.4, -0.2) is 16.9 Å². The molecular weight excluding hydrogens is 234 g/mol. The second kappa shape index (κ2) is 4.66. The van der Waals surface area contributed by atoms with Gasteiger partial charge >= 0.3 is 5.76 Å². The molecule has 2 rings (SSSR count). The SMILES string of the molecule is CC(C)[C@@H](N)C(=O)Nc1ccc2oc(=O)[nH]c2c1. The van der Waals surface area contributed by atoms with Crippen LogP contribution in [0.15, 0.2) is 27.4 Å². The molecule has 1 amide bonds. The first-order valence-corrected chi connectivity index (χ1v) is 5.66. The fraction of sp³-hybridized carbons (Fsp3) is 0.333. The summed E-state index contributed by atoms with van der Waals surface area (Å²) < 4.78 is 4.87. The fourth-order valence-corrected chi connectivity index (χ4v) is 1.56. The van der Waals surface area contributed by atoms with E-state index in [1.807, 2.05) is 13.8 Å². The number of benzene rings is 1. The van der Waals surface area contributed by atoms with Gasteiger partial charge in [-0.25, -0.2) is 4.79 Å². The number of aromatic amines is 1. The van der Waals surface area contributed by atoms with E-state index in [1.165, 1.54) is 0 Å². The molecule has 18 heavy (non-hydrogen) atoms. The van der Waals surface area contributed by atoms with Crippen molar-refractivity contribution in [3.05, 3.63) is 28.7 Å². The minimum absolute atomic E-state index is 0.0578. The zero-order valence-corrected chi connectivity index (χ0v) is 10.2. The Kier molecular flexibility index (Phi) is 3.20. The van der Waals surface area contributed by atoms with Gasteiger partial charge in [-0.05, 0) is 24.1 Å². The number of hydrogen-bond donors (Lipinski definition) is 3. The van der Waals surface area contributed by atoms with E-state index >= 15 is 0 Å². The van der Waals surface area contributed by atoms with Crippen molar-refractivity contribution in [2.75, 3.05) is 5.32 Å². The van der Waals surface area contributed by atoms with Gasteiger partial charge in [-0.15, -0.1) is 0 Å². The first kappa shape index (κ1) is 12.4. The zero-order valence-electron chi connectivity index (χ0n) is 10.2. The lowest BCUT2D eigenvalue weighted by molar-refractivity contribution is -0.118. The highest BCUT2D eigenvalue weighted by molar-refractivity contribution is 5.96. The van der Waals surface area contributed by atoms with Crippen LogP contribution in [0, 0.1) is 5.92 Å². The quantitative estimate of drug-likeness (QED) is 0.756. The zero-order chi connectivity index (χ0) is 13.3. The summed E-state index contributed by atoms with van der Waals surface area (Å²) >= 11 is 0. The standard InChI is InChI=1S/C12H15N3O3/c1-6(2)10(13)11(16)14-7-3-4-9-8(5-7)15-12(17)18-9/h3-6,10H,13H2,1-2H3,(H,14,16)(H,15,17)/t10-/m1/s1. The summed E-state index contributed by atoms with van der Waals surface area (Å²) in [5.74, 6) is -0.718. The highest BCUT2D eigenvalue weighted by Crippen LogP contribution is 2.16. The maximum Gasteiger partial charge on any atom is 0.417 e. The fourth-order valence-electron chi connectivity index (χ4n) is 1.56. The average Bonchev–Trinajstić information content (AvgIpc) is 2.67. The van der Waals surface area contributed by atoms with E-state index in [-0.39, 0.29) is 11.8 Å². The summed E-state index contributed by atoms with van der Waals surface area (Å²) in [6.45, 7) is 3.75. The van der Waals surface area contributed by atoms with Gasteiger partial charge in [-0.1, -0.05) is 13.8 Å². The highest BCUT2D eigenvalue weighted by Gasteiger charge is 2.17. The van der Waals surface area contributed by atoms with Crippen LogP contribution in [0.25, 0.3) is 11.1 Å². The van der Waals surface area contributed by atoms with E-state index in [4.69, 9.17) is 10.2 Å². The maximum atomic E-state index is 11.8. The molecule has 6 heteroatoms. The van der Waals surface area contributed by atoms with Crippen LogP contribution >= 0.6 is 0 Å². The molecule has 0 aliphatic carbocycles. The summed E-state index contributed by atoms with van der Waals surface area (Å²) in [7, 11) is 0. The lowest BCUT2D eigenvalue weighted by Gasteiger charge is -2.15. The van der Waals surface area contributed by atoms with Gasteiger partial charge in [0.1, 0.15) is 0 Å². The van der Waals surface area contributed by atoms with Crippen molar-refractivity contribution >= 4 is 22.7 Å². The lowest BCUT2D eigenvalue weighted by atomic mass is 10.0. The van der Waals surface area contributed by atoms with Crippen molar-refractivity contribution in [2.45, 2.75) is 19.9 Å². The summed E-state index contributed by atoms with van der Waals surface area (Å²) in [6.07, 6.45) is 0. The summed E-state index contributed by atoms with van der Waals surface area (Å²) in [4.78, 5) is 25.3. The average molecular weight is 249 g/mol. The van der Waals surface area contributed by atoms with Crippen LogP contribution < -0.4 is 16.8 Å². The number of carbonyl (C=O) groups is 1. The van der Waals surface area contributed by atoms with Crippen LogP contribution in [-0.2, 0) is 4.79 Å². The molecule has 0 radical (unpaired) electrons. The smallest absolute Gasteiger partial charge is 0.408 e. The van der Waals surface area contributed by atoms with Gasteiger partial charge < -0.3 is 15.5 Å². The van der Waals surface area contributed by atoms with Crippen molar-refractivity contribution in [3.8, 4) is 0 Å². The van der Waals surface area contributed by atoms with Crippen molar-refractivity contribution in [1.82, 2.24) is 4.98 Å². The number of fused-ring (bicyclic) bond motifs is 1. The van der Waals surface area contributed by atoms with E-state index in [0.717, 1.165) is 0 Å². The Labute approximate surface area is 103 Å². The van der Waals surface area contributed by atoms with Crippen molar-refractivity contribution in [1.29, 1.82) is 0 Å². The van der Waals surface area contributed by atoms with Gasteiger partial charge in [-0.3, -0.25) is 9.78 Å². The number of nitrogens with two attached hydrogens (primary N) is 1. The molecule has 96 valence electrons. The molecule has 1 heterocycles. The van der Waals surface area contributed by atoms with Crippen LogP contribution in [0.2, 0.25) is 0 Å². The third-order valence-electron chi connectivity index (χ3n) is 2.71. The first-order valence-electron chi connectivity index (χ1n) is 5.66. The first-order chi connectivity index (χ1) is 8.47. The Bertz CT molecular complexity index is 627. The van der Waals surface area contributed by atoms with Gasteiger partial charge in [0.25, 0.3) is 0 Å². The molecule has 0 aliphatic heterocycles. The van der Waals surface area contributed by atoms with Gasteiger partial charge in [0.2, 0.25) is 5.91 Å². The molecule has 0 aliphatic rings. The van der Waals surface area contributed by atoms with Crippen LogP contribution in [0.3, 0.4) is 0 Å². The predicted molar refractivity (Wildman–Crippen MR) is 68.3 cm³/mol. The molecule has 0 bridgehead atoms. The Morgan fingerprint density at radius 1 is 1.44 bits per heavy atom. The third-order valence-corrected chi connectivity index (χ3v) is 2.71. The molecule has 4 N–H and O–H groups in total. The molecule has 1 aromatic carbocycles. The second-order valence-electron chi connectivity index (χ2n) is 4.48. The third kappa shape index (κ3) is 2.43. The Morgan fingerprint density at radius 2 is 2.17 bits per heavy atom. The summed E-state index contributed by atoms with van der Waals surface area (Å²) in [5.41, 5.74) is 7.29. The molecule has 1 aromatic heterocycles. The van der Waals surface area contributed by atoms with Crippen molar-refractivity contribution < 1.29 is 9.21 Å². The topological polar surface area (TPSA) is 101 Å². The molecular formula is C12H15N3O3. The van der Waals surface area contributed by atoms with E-state index in [1.54, 1.807) is 18.2 Å². The normalized spacial score (nSPS) is 12.9. The summed E-state index contributed by atoms with van der Waals surface area (Å²) in [5, 5.41) is 2.70. The van der Waals surface area contributed by atoms with E-state index in [0.29, 0.717) is 16.8 Å². The van der Waals surface area contributed by atoms with Crippen LogP contribution in [0.5, 0.6) is 0 Å². The number of rotatable bonds is 3. The Balaban J connectivity index is 2.21. The number of oxazole rings is 1. The monoisotopic (exact) mass is 249 g/mol. The Morgan fingerprint density at radius 3 is 2.83 bits per heavy atom. The van der Waals surface area contributed by atoms with E-state index in [2.05, 4.69) is 10.3 Å². The number of aromatic nitrogens is 1. The number of anilines is 1. The summed E-state index contributed by atoms with van der Waals surface area (Å²) in [6, 6.07) is 4.34. The number of H-pyrrole nitrogens is 1. The molecule has 6 nitrogen and oxygen atoms in total. The minimum Gasteiger partial charge on any atom is -0.408 e. The van der Waals surface area contributed by atoms with Gasteiger partial charge in [-0.2, -0.15) is 0 Å². The molecule has 0 saturated carbocycles. The lowest BCUT2D eigenvalue weighted by Crippen LogP contribution is -2.39. The number of nitrogens with one attached hydrogen (secondary N) is 2. The molecule has 2 aromatic rings. The molecule has 1 atom stereocenters. The molecule has 0 spiro atoms. The van der Waals surface area contributed by atoms with Gasteiger partial charge in [0.05, 0.1) is 11.6 Å². The maximum absolute atomic E-state index is 11.8. The predicted octanol–water partition coefficient (Wildman–Crippen LogP) is 1.04. The van der Waals surface area contributed by atoms with Crippen LogP contribution in [0.1, 0.15) is 13.8 Å². The minimum atomic E-state index is -0.566. The highest BCUT2D eigenvalue weighted by atomic mass is 16.4.